The van der Waals surface area contributed by atoms with Gasteiger partial charge in [0.15, 0.2) is 0 Å². The van der Waals surface area contributed by atoms with E-state index in [4.69, 9.17) is 0 Å². The molecule has 1 unspecified atom stereocenters. The molecule has 2 aromatic carbocycles. The molecule has 1 atom stereocenters. The predicted octanol–water partition coefficient (Wildman–Crippen LogP) is 3.25. The Morgan fingerprint density at radius 2 is 1.67 bits per heavy atom. The molecule has 2 N–H and O–H groups in total. The highest BCUT2D eigenvalue weighted by atomic mass is 16.3. The van der Waals surface area contributed by atoms with Gasteiger partial charge in [-0.25, -0.2) is 4.98 Å². The molecule has 0 aliphatic carbocycles. The summed E-state index contributed by atoms with van der Waals surface area (Å²) < 4.78 is 0. The van der Waals surface area contributed by atoms with E-state index in [0.717, 1.165) is 23.1 Å². The fourth-order valence-electron chi connectivity index (χ4n) is 2.42. The van der Waals surface area contributed by atoms with Gasteiger partial charge >= 0.3 is 0 Å². The van der Waals surface area contributed by atoms with Crippen LogP contribution < -0.4 is 5.32 Å². The summed E-state index contributed by atoms with van der Waals surface area (Å²) in [4.78, 5) is 4.58. The highest BCUT2D eigenvalue weighted by molar-refractivity contribution is 5.80. The van der Waals surface area contributed by atoms with Gasteiger partial charge in [-0.2, -0.15) is 0 Å². The van der Waals surface area contributed by atoms with Crippen LogP contribution in [-0.2, 0) is 6.42 Å². The number of nitrogens with zero attached hydrogens (tertiary/aromatic N) is 1. The van der Waals surface area contributed by atoms with Gasteiger partial charge < -0.3 is 10.4 Å². The van der Waals surface area contributed by atoms with Crippen molar-refractivity contribution in [2.24, 2.45) is 0 Å². The molecule has 106 valence electrons. The van der Waals surface area contributed by atoms with Gasteiger partial charge in [-0.1, -0.05) is 48.5 Å². The first-order valence-corrected chi connectivity index (χ1v) is 7.12. The highest BCUT2D eigenvalue weighted by Gasteiger charge is 2.09. The van der Waals surface area contributed by atoms with Crippen molar-refractivity contribution in [3.8, 4) is 0 Å². The summed E-state index contributed by atoms with van der Waals surface area (Å²) in [5, 5.41) is 14.0. The molecule has 0 aliphatic heterocycles. The molecule has 0 radical (unpaired) electrons. The highest BCUT2D eigenvalue weighted by Crippen LogP contribution is 2.16. The second kappa shape index (κ2) is 6.37. The van der Waals surface area contributed by atoms with Crippen molar-refractivity contribution in [2.75, 3.05) is 11.9 Å². The Labute approximate surface area is 124 Å². The summed E-state index contributed by atoms with van der Waals surface area (Å²) in [5.74, 6) is 0.795. The molecule has 3 nitrogen and oxygen atoms in total. The maximum atomic E-state index is 9.57. The maximum Gasteiger partial charge on any atom is 0.126 e. The van der Waals surface area contributed by atoms with Crippen LogP contribution in [0.15, 0.2) is 66.7 Å². The topological polar surface area (TPSA) is 45.1 Å². The smallest absolute Gasteiger partial charge is 0.126 e. The molecule has 0 saturated carbocycles. The van der Waals surface area contributed by atoms with Crippen LogP contribution in [-0.4, -0.2) is 22.7 Å². The van der Waals surface area contributed by atoms with Crippen molar-refractivity contribution in [2.45, 2.75) is 12.5 Å². The summed E-state index contributed by atoms with van der Waals surface area (Å²) in [6.45, 7) is 0.0728. The quantitative estimate of drug-likeness (QED) is 0.753. The van der Waals surface area contributed by atoms with Gasteiger partial charge in [0.25, 0.3) is 0 Å². The van der Waals surface area contributed by atoms with Crippen LogP contribution in [0.4, 0.5) is 5.82 Å². The predicted molar refractivity (Wildman–Crippen MR) is 86.4 cm³/mol. The molecule has 0 aliphatic rings. The van der Waals surface area contributed by atoms with E-state index in [1.807, 2.05) is 54.6 Å². The standard InChI is InChI=1S/C18H18N2O/c21-13-16(12-14-6-2-1-3-7-14)19-18-11-10-15-8-4-5-9-17(15)20-18/h1-11,16,21H,12-13H2,(H,19,20). The minimum atomic E-state index is -0.0407. The van der Waals surface area contributed by atoms with Crippen molar-refractivity contribution in [1.29, 1.82) is 0 Å². The molecule has 1 aromatic heterocycles. The first-order valence-electron chi connectivity index (χ1n) is 7.12. The summed E-state index contributed by atoms with van der Waals surface area (Å²) in [5.41, 5.74) is 2.16. The lowest BCUT2D eigenvalue weighted by Crippen LogP contribution is -2.26. The maximum absolute atomic E-state index is 9.57. The van der Waals surface area contributed by atoms with E-state index in [1.165, 1.54) is 5.56 Å². The molecule has 21 heavy (non-hydrogen) atoms. The summed E-state index contributed by atoms with van der Waals surface area (Å²) in [6, 6.07) is 22.1. The number of pyridine rings is 1. The van der Waals surface area contributed by atoms with Gasteiger partial charge in [-0.05, 0) is 30.2 Å². The number of aliphatic hydroxyl groups is 1. The van der Waals surface area contributed by atoms with Crippen molar-refractivity contribution in [3.05, 3.63) is 72.3 Å². The average molecular weight is 278 g/mol. The van der Waals surface area contributed by atoms with E-state index in [2.05, 4.69) is 22.4 Å². The minimum Gasteiger partial charge on any atom is -0.394 e. The lowest BCUT2D eigenvalue weighted by Gasteiger charge is -2.17. The zero-order valence-electron chi connectivity index (χ0n) is 11.7. The number of hydrogen-bond acceptors (Lipinski definition) is 3. The van der Waals surface area contributed by atoms with Crippen LogP contribution in [0.25, 0.3) is 10.9 Å². The summed E-state index contributed by atoms with van der Waals surface area (Å²) in [6.07, 6.45) is 0.770. The van der Waals surface area contributed by atoms with Gasteiger partial charge in [0.2, 0.25) is 0 Å². The Morgan fingerprint density at radius 1 is 0.905 bits per heavy atom. The Kier molecular flexibility index (Phi) is 4.12. The van der Waals surface area contributed by atoms with Crippen LogP contribution in [0.3, 0.4) is 0 Å². The zero-order valence-corrected chi connectivity index (χ0v) is 11.7. The van der Waals surface area contributed by atoms with E-state index in [0.29, 0.717) is 0 Å². The molecule has 0 saturated heterocycles. The third-order valence-corrected chi connectivity index (χ3v) is 3.50. The van der Waals surface area contributed by atoms with E-state index >= 15 is 0 Å². The first kappa shape index (κ1) is 13.6. The third-order valence-electron chi connectivity index (χ3n) is 3.50. The number of para-hydroxylation sites is 1. The number of aromatic nitrogens is 1. The normalized spacial score (nSPS) is 12.2. The van der Waals surface area contributed by atoms with Gasteiger partial charge in [0.05, 0.1) is 18.2 Å². The number of anilines is 1. The van der Waals surface area contributed by atoms with Crippen LogP contribution in [0.2, 0.25) is 0 Å². The fourth-order valence-corrected chi connectivity index (χ4v) is 2.42. The Hall–Kier alpha value is -2.39. The summed E-state index contributed by atoms with van der Waals surface area (Å²) >= 11 is 0. The van der Waals surface area contributed by atoms with Crippen molar-refractivity contribution >= 4 is 16.7 Å². The molecular weight excluding hydrogens is 260 g/mol. The van der Waals surface area contributed by atoms with Crippen LogP contribution >= 0.6 is 0 Å². The molecule has 3 rings (SSSR count). The lowest BCUT2D eigenvalue weighted by atomic mass is 10.1. The second-order valence-corrected chi connectivity index (χ2v) is 5.10. The van der Waals surface area contributed by atoms with Crippen LogP contribution in [0.5, 0.6) is 0 Å². The number of benzene rings is 2. The van der Waals surface area contributed by atoms with E-state index in [1.54, 1.807) is 0 Å². The lowest BCUT2D eigenvalue weighted by molar-refractivity contribution is 0.273. The SMILES string of the molecule is OCC(Cc1ccccc1)Nc1ccc2ccccc2n1. The number of fused-ring (bicyclic) bond motifs is 1. The molecule has 0 bridgehead atoms. The Bertz CT molecular complexity index is 712. The molecular formula is C18H18N2O. The molecule has 3 heteroatoms. The number of rotatable bonds is 5. The van der Waals surface area contributed by atoms with Crippen molar-refractivity contribution in [3.63, 3.8) is 0 Å². The molecule has 3 aromatic rings. The van der Waals surface area contributed by atoms with Crippen LogP contribution in [0.1, 0.15) is 5.56 Å². The number of aliphatic hydroxyl groups excluding tert-OH is 1. The largest absolute Gasteiger partial charge is 0.394 e. The van der Waals surface area contributed by atoms with Gasteiger partial charge in [-0.15, -0.1) is 0 Å². The van der Waals surface area contributed by atoms with E-state index < -0.39 is 0 Å². The molecule has 1 heterocycles. The van der Waals surface area contributed by atoms with Crippen molar-refractivity contribution in [1.82, 2.24) is 4.98 Å². The van der Waals surface area contributed by atoms with Gasteiger partial charge in [0, 0.05) is 5.39 Å². The number of hydrogen-bond donors (Lipinski definition) is 2. The third kappa shape index (κ3) is 3.38. The Morgan fingerprint density at radius 3 is 2.48 bits per heavy atom. The van der Waals surface area contributed by atoms with E-state index in [9.17, 15) is 5.11 Å². The molecule has 0 amide bonds. The van der Waals surface area contributed by atoms with Gasteiger partial charge in [0.1, 0.15) is 5.82 Å². The average Bonchev–Trinajstić information content (AvgIpc) is 2.55. The van der Waals surface area contributed by atoms with Gasteiger partial charge in [-0.3, -0.25) is 0 Å². The fraction of sp³-hybridized carbons (Fsp3) is 0.167. The van der Waals surface area contributed by atoms with Crippen LogP contribution in [0, 0.1) is 0 Å². The summed E-state index contributed by atoms with van der Waals surface area (Å²) in [7, 11) is 0. The molecule has 0 fully saturated rings. The minimum absolute atomic E-state index is 0.0407. The van der Waals surface area contributed by atoms with E-state index in [-0.39, 0.29) is 12.6 Å². The first-order chi connectivity index (χ1) is 10.3. The Balaban J connectivity index is 1.76. The zero-order chi connectivity index (χ0) is 14.5. The monoisotopic (exact) mass is 278 g/mol. The number of nitrogens with one attached hydrogen (secondary N) is 1. The second-order valence-electron chi connectivity index (χ2n) is 5.10. The molecule has 0 spiro atoms. The van der Waals surface area contributed by atoms with Crippen molar-refractivity contribution < 1.29 is 5.11 Å².